The van der Waals surface area contributed by atoms with Gasteiger partial charge in [0.2, 0.25) is 0 Å². The highest BCUT2D eigenvalue weighted by Crippen LogP contribution is 2.40. The van der Waals surface area contributed by atoms with Crippen LogP contribution >= 0.6 is 0 Å². The molecule has 0 radical (unpaired) electrons. The molecule has 0 unspecified atom stereocenters. The van der Waals surface area contributed by atoms with Crippen LogP contribution in [-0.2, 0) is 6.54 Å². The average Bonchev–Trinajstić information content (AvgIpc) is 3.25. The van der Waals surface area contributed by atoms with Crippen molar-refractivity contribution in [1.29, 1.82) is 0 Å². The molecule has 20 heavy (non-hydrogen) atoms. The van der Waals surface area contributed by atoms with E-state index in [1.165, 1.54) is 29.7 Å². The van der Waals surface area contributed by atoms with Gasteiger partial charge in [-0.3, -0.25) is 0 Å². The number of para-hydroxylation sites is 2. The maximum absolute atomic E-state index is 5.76. The first-order valence-electron chi connectivity index (χ1n) is 7.11. The molecule has 4 rings (SSSR count). The van der Waals surface area contributed by atoms with E-state index >= 15 is 0 Å². The summed E-state index contributed by atoms with van der Waals surface area (Å²) in [6.07, 6.45) is 2.54. The predicted octanol–water partition coefficient (Wildman–Crippen LogP) is 3.54. The molecule has 1 aromatic heterocycles. The fraction of sp³-hybridized carbons (Fsp3) is 0.235. The molecule has 3 aromatic rings. The number of fused-ring (bicyclic) bond motifs is 1. The van der Waals surface area contributed by atoms with Crippen LogP contribution in [0.5, 0.6) is 0 Å². The number of hydrogen-bond acceptors (Lipinski definition) is 2. The van der Waals surface area contributed by atoms with Crippen molar-refractivity contribution in [3.63, 3.8) is 0 Å². The summed E-state index contributed by atoms with van der Waals surface area (Å²) in [4.78, 5) is 4.83. The van der Waals surface area contributed by atoms with Crippen LogP contribution in [0.25, 0.3) is 11.0 Å². The number of hydrogen-bond donors (Lipinski definition) is 1. The van der Waals surface area contributed by atoms with Crippen LogP contribution in [0.15, 0.2) is 48.5 Å². The molecular weight excluding hydrogens is 246 g/mol. The van der Waals surface area contributed by atoms with Gasteiger partial charge in [-0.2, -0.15) is 0 Å². The van der Waals surface area contributed by atoms with Crippen LogP contribution in [0.3, 0.4) is 0 Å². The Bertz CT molecular complexity index is 752. The number of nitrogen functional groups attached to an aromatic ring is 1. The van der Waals surface area contributed by atoms with E-state index in [2.05, 4.69) is 41.0 Å². The third-order valence-corrected chi connectivity index (χ3v) is 3.95. The van der Waals surface area contributed by atoms with Gasteiger partial charge in [0.1, 0.15) is 5.82 Å². The van der Waals surface area contributed by atoms with Gasteiger partial charge in [0.05, 0.1) is 11.0 Å². The van der Waals surface area contributed by atoms with Crippen LogP contribution in [0.4, 0.5) is 5.69 Å². The molecule has 0 atom stereocenters. The normalized spacial score (nSPS) is 14.8. The minimum Gasteiger partial charge on any atom is -0.399 e. The number of aromatic nitrogens is 2. The number of rotatable bonds is 3. The Labute approximate surface area is 118 Å². The molecular formula is C17H17N3. The van der Waals surface area contributed by atoms with Gasteiger partial charge in [0.15, 0.2) is 0 Å². The molecule has 2 aromatic carbocycles. The number of nitrogens with zero attached hydrogens (tertiary/aromatic N) is 2. The second kappa shape index (κ2) is 4.37. The molecule has 0 amide bonds. The van der Waals surface area contributed by atoms with Crippen molar-refractivity contribution < 1.29 is 0 Å². The molecule has 1 saturated carbocycles. The SMILES string of the molecule is Nc1ccc(Cn2c(C3CC3)nc3ccccc32)cc1. The van der Waals surface area contributed by atoms with Gasteiger partial charge in [-0.25, -0.2) is 4.98 Å². The summed E-state index contributed by atoms with van der Waals surface area (Å²) in [6, 6.07) is 16.5. The van der Waals surface area contributed by atoms with Gasteiger partial charge >= 0.3 is 0 Å². The monoisotopic (exact) mass is 263 g/mol. The highest BCUT2D eigenvalue weighted by atomic mass is 15.1. The lowest BCUT2D eigenvalue weighted by molar-refractivity contribution is 0.747. The number of benzene rings is 2. The number of anilines is 1. The minimum atomic E-state index is 0.649. The molecule has 3 nitrogen and oxygen atoms in total. The maximum Gasteiger partial charge on any atom is 0.113 e. The van der Waals surface area contributed by atoms with E-state index in [1.54, 1.807) is 0 Å². The quantitative estimate of drug-likeness (QED) is 0.734. The van der Waals surface area contributed by atoms with Gasteiger partial charge in [-0.1, -0.05) is 24.3 Å². The van der Waals surface area contributed by atoms with Crippen LogP contribution in [0.1, 0.15) is 30.1 Å². The Morgan fingerprint density at radius 3 is 2.55 bits per heavy atom. The first-order chi connectivity index (χ1) is 9.81. The van der Waals surface area contributed by atoms with Gasteiger partial charge in [-0.15, -0.1) is 0 Å². The number of imidazole rings is 1. The van der Waals surface area contributed by atoms with E-state index in [4.69, 9.17) is 10.7 Å². The zero-order valence-electron chi connectivity index (χ0n) is 11.3. The maximum atomic E-state index is 5.76. The van der Waals surface area contributed by atoms with Gasteiger partial charge < -0.3 is 10.3 Å². The number of nitrogens with two attached hydrogens (primary N) is 1. The second-order valence-corrected chi connectivity index (χ2v) is 5.56. The van der Waals surface area contributed by atoms with Gasteiger partial charge in [0, 0.05) is 18.2 Å². The van der Waals surface area contributed by atoms with E-state index in [0.29, 0.717) is 5.92 Å². The summed E-state index contributed by atoms with van der Waals surface area (Å²) in [5.41, 5.74) is 10.2. The van der Waals surface area contributed by atoms with Crippen molar-refractivity contribution in [3.8, 4) is 0 Å². The lowest BCUT2D eigenvalue weighted by Crippen LogP contribution is -2.04. The molecule has 0 bridgehead atoms. The fourth-order valence-corrected chi connectivity index (χ4v) is 2.72. The Balaban J connectivity index is 1.80. The van der Waals surface area contributed by atoms with Crippen molar-refractivity contribution in [3.05, 3.63) is 59.9 Å². The second-order valence-electron chi connectivity index (χ2n) is 5.56. The molecule has 1 fully saturated rings. The molecule has 1 aliphatic rings. The Kier molecular flexibility index (Phi) is 2.52. The van der Waals surface area contributed by atoms with E-state index in [-0.39, 0.29) is 0 Å². The van der Waals surface area contributed by atoms with Crippen molar-refractivity contribution in [2.45, 2.75) is 25.3 Å². The van der Waals surface area contributed by atoms with Crippen molar-refractivity contribution in [1.82, 2.24) is 9.55 Å². The highest BCUT2D eigenvalue weighted by Gasteiger charge is 2.29. The molecule has 0 saturated heterocycles. The van der Waals surface area contributed by atoms with Crippen molar-refractivity contribution >= 4 is 16.7 Å². The third-order valence-electron chi connectivity index (χ3n) is 3.95. The molecule has 1 heterocycles. The molecule has 1 aliphatic carbocycles. The molecule has 0 aliphatic heterocycles. The van der Waals surface area contributed by atoms with E-state index in [0.717, 1.165) is 17.7 Å². The van der Waals surface area contributed by atoms with Crippen LogP contribution in [0, 0.1) is 0 Å². The van der Waals surface area contributed by atoms with Crippen LogP contribution < -0.4 is 5.73 Å². The summed E-state index contributed by atoms with van der Waals surface area (Å²) < 4.78 is 2.36. The standard InChI is InChI=1S/C17H17N3/c18-14-9-5-12(6-10-14)11-20-16-4-2-1-3-15(16)19-17(20)13-7-8-13/h1-6,9-10,13H,7-8,11,18H2. The topological polar surface area (TPSA) is 43.8 Å². The first-order valence-corrected chi connectivity index (χ1v) is 7.11. The van der Waals surface area contributed by atoms with Crippen molar-refractivity contribution in [2.75, 3.05) is 5.73 Å². The smallest absolute Gasteiger partial charge is 0.113 e. The lowest BCUT2D eigenvalue weighted by atomic mass is 10.2. The summed E-state index contributed by atoms with van der Waals surface area (Å²) in [5, 5.41) is 0. The third kappa shape index (κ3) is 1.95. The largest absolute Gasteiger partial charge is 0.399 e. The van der Waals surface area contributed by atoms with Crippen LogP contribution in [-0.4, -0.2) is 9.55 Å². The lowest BCUT2D eigenvalue weighted by Gasteiger charge is -2.09. The zero-order valence-corrected chi connectivity index (χ0v) is 11.3. The summed E-state index contributed by atoms with van der Waals surface area (Å²) in [6.45, 7) is 0.868. The Morgan fingerprint density at radius 1 is 1.05 bits per heavy atom. The Hall–Kier alpha value is -2.29. The summed E-state index contributed by atoms with van der Waals surface area (Å²) >= 11 is 0. The van der Waals surface area contributed by atoms with Crippen LogP contribution in [0.2, 0.25) is 0 Å². The molecule has 3 heteroatoms. The molecule has 2 N–H and O–H groups in total. The minimum absolute atomic E-state index is 0.649. The average molecular weight is 263 g/mol. The molecule has 0 spiro atoms. The van der Waals surface area contributed by atoms with E-state index in [9.17, 15) is 0 Å². The Morgan fingerprint density at radius 2 is 1.80 bits per heavy atom. The summed E-state index contributed by atoms with van der Waals surface area (Å²) in [5.74, 6) is 1.89. The zero-order chi connectivity index (χ0) is 13.5. The van der Waals surface area contributed by atoms with Gasteiger partial charge in [0.25, 0.3) is 0 Å². The highest BCUT2D eigenvalue weighted by molar-refractivity contribution is 5.76. The van der Waals surface area contributed by atoms with E-state index < -0.39 is 0 Å². The molecule has 100 valence electrons. The van der Waals surface area contributed by atoms with Gasteiger partial charge in [-0.05, 0) is 42.7 Å². The predicted molar refractivity (Wildman–Crippen MR) is 81.7 cm³/mol. The fourth-order valence-electron chi connectivity index (χ4n) is 2.72. The first kappa shape index (κ1) is 11.5. The van der Waals surface area contributed by atoms with E-state index in [1.807, 2.05) is 12.1 Å². The van der Waals surface area contributed by atoms with Crippen molar-refractivity contribution in [2.24, 2.45) is 0 Å². The summed E-state index contributed by atoms with van der Waals surface area (Å²) in [7, 11) is 0.